The molecule has 6 atom stereocenters. The van der Waals surface area contributed by atoms with E-state index < -0.39 is 67.5 Å². The molecule has 1 fully saturated rings. The highest BCUT2D eigenvalue weighted by molar-refractivity contribution is 14.1. The molecule has 1 aliphatic rings. The Kier molecular flexibility index (Phi) is 15.9. The van der Waals surface area contributed by atoms with Gasteiger partial charge in [-0.25, -0.2) is 4.79 Å². The van der Waals surface area contributed by atoms with Crippen molar-refractivity contribution in [2.24, 2.45) is 0 Å². The molecule has 1 heterocycles. The monoisotopic (exact) mass is 862 g/mol. The van der Waals surface area contributed by atoms with E-state index in [0.29, 0.717) is 18.4 Å². The number of ether oxygens (including phenoxy) is 3. The van der Waals surface area contributed by atoms with E-state index in [1.807, 2.05) is 22.3 Å². The Morgan fingerprint density at radius 1 is 0.800 bits per heavy atom. The van der Waals surface area contributed by atoms with Gasteiger partial charge in [0.15, 0.2) is 31.1 Å². The van der Waals surface area contributed by atoms with Crippen molar-refractivity contribution in [3.8, 4) is 0 Å². The van der Waals surface area contributed by atoms with Crippen LogP contribution in [0.25, 0.3) is 0 Å². The maximum Gasteiger partial charge on any atom is 0.338 e. The summed E-state index contributed by atoms with van der Waals surface area (Å²) in [7, 11) is -7.30. The van der Waals surface area contributed by atoms with Crippen molar-refractivity contribution < 1.29 is 37.1 Å². The molecule has 1 aliphatic heterocycles. The average molecular weight is 863 g/mol. The minimum atomic E-state index is -2.50. The van der Waals surface area contributed by atoms with Gasteiger partial charge in [-0.3, -0.25) is 4.79 Å². The van der Waals surface area contributed by atoms with Crippen LogP contribution < -0.4 is 0 Å². The third-order valence-corrected chi connectivity index (χ3v) is 25.0. The molecule has 50 heavy (non-hydrogen) atoms. The van der Waals surface area contributed by atoms with Crippen LogP contribution in [0.5, 0.6) is 0 Å². The van der Waals surface area contributed by atoms with Crippen molar-refractivity contribution in [1.82, 2.24) is 0 Å². The van der Waals surface area contributed by atoms with Gasteiger partial charge in [-0.1, -0.05) is 103 Å². The number of halogens is 1. The van der Waals surface area contributed by atoms with Crippen molar-refractivity contribution >= 4 is 59.5 Å². The largest absolute Gasteiger partial charge is 0.466 e. The third-order valence-electron chi connectivity index (χ3n) is 11.2. The number of hydrogen-bond donors (Lipinski definition) is 0. The van der Waals surface area contributed by atoms with Gasteiger partial charge in [0.25, 0.3) is 0 Å². The van der Waals surface area contributed by atoms with Gasteiger partial charge in [0.05, 0.1) is 24.4 Å². The van der Waals surface area contributed by atoms with Gasteiger partial charge in [0, 0.05) is 6.92 Å². The van der Waals surface area contributed by atoms with Crippen molar-refractivity contribution in [2.45, 2.75) is 173 Å². The number of hydrogen-bond acceptors (Lipinski definition) is 8. The highest BCUT2D eigenvalue weighted by atomic mass is 127. The van der Waals surface area contributed by atoms with Gasteiger partial charge in [0.1, 0.15) is 18.3 Å². The number of carbonyl (C=O) groups excluding carboxylic acids is 2. The van der Waals surface area contributed by atoms with Crippen LogP contribution in [0.3, 0.4) is 0 Å². The lowest BCUT2D eigenvalue weighted by molar-refractivity contribution is -0.230. The van der Waals surface area contributed by atoms with E-state index in [-0.39, 0.29) is 27.7 Å². The molecule has 0 spiro atoms. The van der Waals surface area contributed by atoms with Gasteiger partial charge in [-0.2, -0.15) is 0 Å². The molecule has 12 heteroatoms. The van der Waals surface area contributed by atoms with E-state index in [0.717, 1.165) is 0 Å². The van der Waals surface area contributed by atoms with Crippen LogP contribution in [-0.4, -0.2) is 80.1 Å². The number of benzene rings is 1. The first-order valence-electron chi connectivity index (χ1n) is 18.0. The van der Waals surface area contributed by atoms with E-state index in [4.69, 9.17) is 27.5 Å². The Balaban J connectivity index is 2.90. The summed E-state index contributed by atoms with van der Waals surface area (Å²) in [5, 5.41) is -0.311. The van der Waals surface area contributed by atoms with Crippen molar-refractivity contribution in [1.29, 1.82) is 0 Å². The van der Waals surface area contributed by atoms with E-state index in [1.54, 1.807) is 12.1 Å². The molecule has 0 aliphatic carbocycles. The molecule has 0 aromatic heterocycles. The van der Waals surface area contributed by atoms with Crippen molar-refractivity contribution in [3.63, 3.8) is 0 Å². The zero-order valence-electron chi connectivity index (χ0n) is 33.8. The standard InChI is InChI=1S/C38H67IO8Si3/c1-27(40)42-26-20-23-29-31(44-35(41)28-21-18-17-19-22-28)33(46-49(13,14)37(5,6)7)34(47-50(15,16)38(8,9)10)32(43-29)30(24-25-39)45-48(11,12)36(2,3)4/h17-19,21-22,24-25,29-34H,20,23,26H2,1-16H3/t29-,30-,31-,32-,33-,34+/m0/s1. The lowest BCUT2D eigenvalue weighted by atomic mass is 9.90. The zero-order chi connectivity index (χ0) is 38.5. The Morgan fingerprint density at radius 2 is 1.30 bits per heavy atom. The Morgan fingerprint density at radius 3 is 1.76 bits per heavy atom. The second kappa shape index (κ2) is 17.5. The number of rotatable bonds is 14. The van der Waals surface area contributed by atoms with Crippen LogP contribution in [0.1, 0.15) is 92.4 Å². The molecule has 0 bridgehead atoms. The molecular formula is C38H67IO8Si3. The van der Waals surface area contributed by atoms with Crippen LogP contribution in [0.4, 0.5) is 0 Å². The molecule has 0 unspecified atom stereocenters. The minimum Gasteiger partial charge on any atom is -0.466 e. The van der Waals surface area contributed by atoms with Gasteiger partial charge < -0.3 is 27.5 Å². The first-order valence-corrected chi connectivity index (χ1v) is 28.0. The maximum absolute atomic E-state index is 13.9. The highest BCUT2D eigenvalue weighted by Gasteiger charge is 2.57. The second-order valence-corrected chi connectivity index (χ2v) is 33.2. The Labute approximate surface area is 320 Å². The van der Waals surface area contributed by atoms with E-state index >= 15 is 0 Å². The summed E-state index contributed by atoms with van der Waals surface area (Å²) >= 11 is 2.25. The molecule has 1 saturated heterocycles. The quantitative estimate of drug-likeness (QED) is 0.0791. The molecule has 0 N–H and O–H groups in total. The summed E-state index contributed by atoms with van der Waals surface area (Å²) < 4.78 is 43.1. The lowest BCUT2D eigenvalue weighted by Crippen LogP contribution is -2.68. The lowest BCUT2D eigenvalue weighted by Gasteiger charge is -2.54. The summed E-state index contributed by atoms with van der Waals surface area (Å²) in [4.78, 5) is 25.6. The summed E-state index contributed by atoms with van der Waals surface area (Å²) in [6.07, 6.45) is -0.576. The van der Waals surface area contributed by atoms with Crippen LogP contribution in [-0.2, 0) is 32.3 Å². The van der Waals surface area contributed by atoms with E-state index in [9.17, 15) is 9.59 Å². The Hall–Kier alpha value is -0.879. The fourth-order valence-corrected chi connectivity index (χ4v) is 9.22. The van der Waals surface area contributed by atoms with Gasteiger partial charge in [-0.05, 0) is 89.5 Å². The summed E-state index contributed by atoms with van der Waals surface area (Å²) in [5.41, 5.74) is 0.452. The van der Waals surface area contributed by atoms with Gasteiger partial charge in [0.2, 0.25) is 0 Å². The van der Waals surface area contributed by atoms with Gasteiger partial charge in [-0.15, -0.1) is 0 Å². The molecule has 2 rings (SSSR count). The predicted molar refractivity (Wildman–Crippen MR) is 220 cm³/mol. The molecule has 1 aromatic carbocycles. The molecule has 286 valence electrons. The molecular weight excluding hydrogens is 796 g/mol. The van der Waals surface area contributed by atoms with Crippen LogP contribution in [0.2, 0.25) is 54.4 Å². The maximum atomic E-state index is 13.9. The number of carbonyl (C=O) groups is 2. The first kappa shape index (κ1) is 45.3. The van der Waals surface area contributed by atoms with Crippen LogP contribution in [0, 0.1) is 0 Å². The zero-order valence-corrected chi connectivity index (χ0v) is 38.9. The predicted octanol–water partition coefficient (Wildman–Crippen LogP) is 10.4. The Bertz CT molecular complexity index is 1280. The topological polar surface area (TPSA) is 89.5 Å². The summed E-state index contributed by atoms with van der Waals surface area (Å²) in [6.45, 7) is 35.1. The second-order valence-electron chi connectivity index (χ2n) is 18.2. The molecule has 0 amide bonds. The van der Waals surface area contributed by atoms with Crippen molar-refractivity contribution in [2.75, 3.05) is 6.61 Å². The minimum absolute atomic E-state index is 0.0525. The molecule has 8 nitrogen and oxygen atoms in total. The van der Waals surface area contributed by atoms with E-state index in [2.05, 4.69) is 130 Å². The van der Waals surface area contributed by atoms with Crippen LogP contribution in [0.15, 0.2) is 40.5 Å². The number of esters is 2. The first-order chi connectivity index (χ1) is 22.6. The SMILES string of the molecule is CC(=O)OCCC[C@@H]1O[C@@H]([C@H](C=CI)O[Si](C)(C)C(C)(C)C)[C@@H](O[Si](C)(C)C(C)(C)C)[C@@H](O[Si](C)(C)C(C)(C)C)[C@H]1OC(=O)c1ccccc1. The summed E-state index contributed by atoms with van der Waals surface area (Å²) in [5.74, 6) is -0.782. The average Bonchev–Trinajstić information content (AvgIpc) is 2.95. The fraction of sp³-hybridized carbons (Fsp3) is 0.737. The molecule has 0 saturated carbocycles. The van der Waals surface area contributed by atoms with Crippen LogP contribution >= 0.6 is 22.6 Å². The third kappa shape index (κ3) is 12.1. The normalized spacial score (nSPS) is 23.5. The summed E-state index contributed by atoms with van der Waals surface area (Å²) in [6, 6.07) is 9.04. The molecule has 1 aromatic rings. The highest BCUT2D eigenvalue weighted by Crippen LogP contribution is 2.46. The van der Waals surface area contributed by atoms with Crippen molar-refractivity contribution in [3.05, 3.63) is 46.1 Å². The molecule has 0 radical (unpaired) electrons. The smallest absolute Gasteiger partial charge is 0.338 e. The van der Waals surface area contributed by atoms with Gasteiger partial charge >= 0.3 is 11.9 Å². The fourth-order valence-electron chi connectivity index (χ4n) is 4.95. The van der Waals surface area contributed by atoms with E-state index in [1.165, 1.54) is 6.92 Å².